The summed E-state index contributed by atoms with van der Waals surface area (Å²) in [7, 11) is 0. The highest BCUT2D eigenvalue weighted by Crippen LogP contribution is 2.54. The molecule has 0 atom stereocenters. The number of fused-ring (bicyclic) bond motifs is 6. The number of hydrogen-bond donors (Lipinski definition) is 0. The normalized spacial score (nSPS) is 16.3. The minimum atomic E-state index is -0.0901. The molecule has 7 aromatic rings. The van der Waals surface area contributed by atoms with Crippen molar-refractivity contribution in [1.29, 1.82) is 0 Å². The van der Waals surface area contributed by atoms with E-state index >= 15 is 0 Å². The fourth-order valence-corrected chi connectivity index (χ4v) is 9.01. The zero-order valence-corrected chi connectivity index (χ0v) is 26.5. The summed E-state index contributed by atoms with van der Waals surface area (Å²) in [4.78, 5) is 0. The van der Waals surface area contributed by atoms with Gasteiger partial charge >= 0.3 is 0 Å². The molecule has 0 N–H and O–H groups in total. The minimum Gasteiger partial charge on any atom is -0.135 e. The Morgan fingerprint density at radius 2 is 1.34 bits per heavy atom. The average Bonchev–Trinajstić information content (AvgIpc) is 3.53. The van der Waals surface area contributed by atoms with Gasteiger partial charge in [-0.2, -0.15) is 0 Å². The quantitative estimate of drug-likeness (QED) is 0.182. The van der Waals surface area contributed by atoms with Crippen LogP contribution in [0.25, 0.3) is 64.0 Å². The number of hydrogen-bond acceptors (Lipinski definition) is 1. The molecular weight excluding hydrogens is 549 g/mol. The Kier molecular flexibility index (Phi) is 6.05. The molecule has 1 heteroatoms. The summed E-state index contributed by atoms with van der Waals surface area (Å²) >= 11 is 1.90. The van der Waals surface area contributed by atoms with Crippen LogP contribution in [0.5, 0.6) is 0 Å². The van der Waals surface area contributed by atoms with Gasteiger partial charge in [-0.1, -0.05) is 141 Å². The Bertz CT molecular complexity index is 2390. The van der Waals surface area contributed by atoms with Crippen molar-refractivity contribution in [3.8, 4) is 11.1 Å². The Balaban J connectivity index is 1.56. The molecule has 0 unspecified atom stereocenters. The lowest BCUT2D eigenvalue weighted by Gasteiger charge is -2.24. The van der Waals surface area contributed by atoms with E-state index in [1.807, 2.05) is 11.3 Å². The van der Waals surface area contributed by atoms with Crippen LogP contribution in [0.15, 0.2) is 133 Å². The van der Waals surface area contributed by atoms with Crippen molar-refractivity contribution < 1.29 is 0 Å². The lowest BCUT2D eigenvalue weighted by molar-refractivity contribution is 0.660. The topological polar surface area (TPSA) is 0 Å². The third-order valence-electron chi connectivity index (χ3n) is 9.70. The van der Waals surface area contributed by atoms with Gasteiger partial charge in [0, 0.05) is 31.2 Å². The van der Waals surface area contributed by atoms with E-state index in [-0.39, 0.29) is 5.41 Å². The lowest BCUT2D eigenvalue weighted by Crippen LogP contribution is -2.15. The predicted molar refractivity (Wildman–Crippen MR) is 195 cm³/mol. The van der Waals surface area contributed by atoms with Gasteiger partial charge in [-0.15, -0.1) is 11.3 Å². The zero-order valence-electron chi connectivity index (χ0n) is 25.7. The van der Waals surface area contributed by atoms with Gasteiger partial charge in [0.25, 0.3) is 0 Å². The molecule has 0 amide bonds. The first kappa shape index (κ1) is 26.9. The Hall–Kier alpha value is -4.72. The summed E-state index contributed by atoms with van der Waals surface area (Å²) in [6, 6.07) is 40.5. The largest absolute Gasteiger partial charge is 0.135 e. The molecule has 0 saturated heterocycles. The number of aryl methyl sites for hydroxylation is 1. The van der Waals surface area contributed by atoms with Crippen molar-refractivity contribution in [3.63, 3.8) is 0 Å². The van der Waals surface area contributed by atoms with E-state index in [0.717, 1.165) is 0 Å². The minimum absolute atomic E-state index is 0.0901. The van der Waals surface area contributed by atoms with Crippen LogP contribution in [0.3, 0.4) is 0 Å². The Morgan fingerprint density at radius 1 is 0.682 bits per heavy atom. The standard InChI is InChI=1S/C43H34S/c1-6-27(41-33-18-10-12-21-37(33)43(4,5)36(41)7-2)39-29-16-8-9-17-30(29)40(31-24-23-26(3)25-35(31)39)34-20-14-19-32-28-15-11-13-22-38(28)44-42(32)34/h6-25H,1H2,2-5H3/b36-7+,41-27+. The molecule has 8 rings (SSSR count). The van der Waals surface area contributed by atoms with Gasteiger partial charge in [0.15, 0.2) is 0 Å². The fourth-order valence-electron chi connectivity index (χ4n) is 7.79. The first-order chi connectivity index (χ1) is 21.4. The summed E-state index contributed by atoms with van der Waals surface area (Å²) in [5, 5.41) is 7.75. The van der Waals surface area contributed by atoms with Crippen molar-refractivity contribution in [2.75, 3.05) is 0 Å². The predicted octanol–water partition coefficient (Wildman–Crippen LogP) is 12.7. The van der Waals surface area contributed by atoms with Gasteiger partial charge in [0.05, 0.1) is 0 Å². The number of thiophene rings is 1. The van der Waals surface area contributed by atoms with Gasteiger partial charge in [-0.3, -0.25) is 0 Å². The van der Waals surface area contributed by atoms with Crippen LogP contribution in [0.2, 0.25) is 0 Å². The third-order valence-corrected chi connectivity index (χ3v) is 10.9. The van der Waals surface area contributed by atoms with Crippen molar-refractivity contribution in [3.05, 3.63) is 156 Å². The zero-order chi connectivity index (χ0) is 30.2. The monoisotopic (exact) mass is 582 g/mol. The Labute approximate surface area is 263 Å². The van der Waals surface area contributed by atoms with E-state index in [9.17, 15) is 0 Å². The number of benzene rings is 6. The second-order valence-electron chi connectivity index (χ2n) is 12.5. The molecule has 1 aliphatic carbocycles. The van der Waals surface area contributed by atoms with Gasteiger partial charge in [0.2, 0.25) is 0 Å². The van der Waals surface area contributed by atoms with E-state index in [1.54, 1.807) is 0 Å². The Morgan fingerprint density at radius 3 is 2.14 bits per heavy atom. The smallest absolute Gasteiger partial charge is 0.0434 e. The van der Waals surface area contributed by atoms with Crippen LogP contribution in [0.1, 0.15) is 43.0 Å². The molecule has 0 spiro atoms. The summed E-state index contributed by atoms with van der Waals surface area (Å²) in [5.41, 5.74) is 11.6. The lowest BCUT2D eigenvalue weighted by atomic mass is 9.79. The van der Waals surface area contributed by atoms with Crippen LogP contribution in [-0.2, 0) is 5.41 Å². The molecular formula is C43H34S. The molecule has 1 aliphatic rings. The average molecular weight is 583 g/mol. The number of allylic oxidation sites excluding steroid dienone is 5. The van der Waals surface area contributed by atoms with E-state index < -0.39 is 0 Å². The SMILES string of the molecule is C=C/C(=C1\C(=C/C)C(C)(C)c2ccccc21)c1c2ccccc2c(-c2cccc3c2sc2ccccc23)c2ccc(C)cc12. The van der Waals surface area contributed by atoms with Crippen molar-refractivity contribution in [2.45, 2.75) is 33.1 Å². The molecule has 1 heterocycles. The molecule has 6 aromatic carbocycles. The maximum absolute atomic E-state index is 4.47. The summed E-state index contributed by atoms with van der Waals surface area (Å²) < 4.78 is 2.68. The maximum atomic E-state index is 4.47. The molecule has 0 aliphatic heterocycles. The van der Waals surface area contributed by atoms with E-state index in [2.05, 4.69) is 156 Å². The molecule has 44 heavy (non-hydrogen) atoms. The molecule has 0 nitrogen and oxygen atoms in total. The van der Waals surface area contributed by atoms with E-state index in [4.69, 9.17) is 0 Å². The fraction of sp³-hybridized carbons (Fsp3) is 0.116. The molecule has 0 fully saturated rings. The second-order valence-corrected chi connectivity index (χ2v) is 13.5. The summed E-state index contributed by atoms with van der Waals surface area (Å²) in [5.74, 6) is 0. The van der Waals surface area contributed by atoms with Gasteiger partial charge < -0.3 is 0 Å². The van der Waals surface area contributed by atoms with Gasteiger partial charge in [-0.25, -0.2) is 0 Å². The molecule has 0 radical (unpaired) electrons. The van der Waals surface area contributed by atoms with Gasteiger partial charge in [-0.05, 0) is 80.4 Å². The summed E-state index contributed by atoms with van der Waals surface area (Å²) in [6.45, 7) is 13.6. The summed E-state index contributed by atoms with van der Waals surface area (Å²) in [6.07, 6.45) is 4.41. The van der Waals surface area contributed by atoms with Crippen molar-refractivity contribution in [2.24, 2.45) is 0 Å². The van der Waals surface area contributed by atoms with Crippen LogP contribution in [0.4, 0.5) is 0 Å². The third kappa shape index (κ3) is 3.69. The van der Waals surface area contributed by atoms with Crippen LogP contribution in [0, 0.1) is 6.92 Å². The highest BCUT2D eigenvalue weighted by Gasteiger charge is 2.39. The first-order valence-electron chi connectivity index (χ1n) is 15.4. The van der Waals surface area contributed by atoms with Crippen LogP contribution >= 0.6 is 11.3 Å². The van der Waals surface area contributed by atoms with E-state index in [1.165, 1.54) is 91.8 Å². The van der Waals surface area contributed by atoms with Crippen molar-refractivity contribution >= 4 is 64.2 Å². The molecule has 1 aromatic heterocycles. The van der Waals surface area contributed by atoms with Crippen LogP contribution in [-0.4, -0.2) is 0 Å². The van der Waals surface area contributed by atoms with Crippen molar-refractivity contribution in [1.82, 2.24) is 0 Å². The highest BCUT2D eigenvalue weighted by atomic mass is 32.1. The van der Waals surface area contributed by atoms with E-state index in [0.29, 0.717) is 0 Å². The molecule has 0 bridgehead atoms. The van der Waals surface area contributed by atoms with Gasteiger partial charge in [0.1, 0.15) is 0 Å². The maximum Gasteiger partial charge on any atom is 0.0434 e. The molecule has 212 valence electrons. The van der Waals surface area contributed by atoms with Crippen LogP contribution < -0.4 is 0 Å². The number of rotatable bonds is 3. The molecule has 0 saturated carbocycles. The first-order valence-corrected chi connectivity index (χ1v) is 16.3. The second kappa shape index (κ2) is 9.91. The highest BCUT2D eigenvalue weighted by molar-refractivity contribution is 7.26.